The number of hydrogen-bond donors (Lipinski definition) is 2. The van der Waals surface area contributed by atoms with E-state index in [9.17, 15) is 23.1 Å². The van der Waals surface area contributed by atoms with E-state index in [4.69, 9.17) is 9.84 Å². The quantitative estimate of drug-likeness (QED) is 0.681. The van der Waals surface area contributed by atoms with Gasteiger partial charge in [-0.15, -0.1) is 0 Å². The van der Waals surface area contributed by atoms with Crippen molar-refractivity contribution in [1.82, 2.24) is 4.31 Å². The fourth-order valence-electron chi connectivity index (χ4n) is 2.24. The van der Waals surface area contributed by atoms with Gasteiger partial charge in [0.05, 0.1) is 18.4 Å². The summed E-state index contributed by atoms with van der Waals surface area (Å²) in [5.74, 6) is -2.63. The van der Waals surface area contributed by atoms with Gasteiger partial charge in [0.15, 0.2) is 0 Å². The van der Waals surface area contributed by atoms with Crippen LogP contribution in [0.15, 0.2) is 29.2 Å². The van der Waals surface area contributed by atoms with Gasteiger partial charge < -0.3 is 14.9 Å². The van der Waals surface area contributed by atoms with E-state index in [0.29, 0.717) is 5.75 Å². The number of carboxylic acid groups (broad SMARTS) is 2. The molecule has 1 rings (SSSR count). The van der Waals surface area contributed by atoms with Crippen LogP contribution in [0.2, 0.25) is 0 Å². The fourth-order valence-corrected chi connectivity index (χ4v) is 3.95. The largest absolute Gasteiger partial charge is 0.497 e. The first kappa shape index (κ1) is 19.9. The van der Waals surface area contributed by atoms with Crippen LogP contribution in [0.25, 0.3) is 0 Å². The van der Waals surface area contributed by atoms with Crippen LogP contribution >= 0.6 is 0 Å². The summed E-state index contributed by atoms with van der Waals surface area (Å²) in [5.41, 5.74) is 0. The molecule has 0 fully saturated rings. The number of aliphatic carboxylic acids is 2. The van der Waals surface area contributed by atoms with E-state index >= 15 is 0 Å². The van der Waals surface area contributed by atoms with Crippen molar-refractivity contribution in [3.05, 3.63) is 24.3 Å². The number of hydrogen-bond acceptors (Lipinski definition) is 5. The second-order valence-corrected chi connectivity index (χ2v) is 7.35. The van der Waals surface area contributed by atoms with Crippen molar-refractivity contribution in [3.8, 4) is 5.75 Å². The molecule has 0 aliphatic heterocycles. The molecule has 24 heavy (non-hydrogen) atoms. The second-order valence-electron chi connectivity index (χ2n) is 5.46. The Kier molecular flexibility index (Phi) is 6.73. The van der Waals surface area contributed by atoms with Gasteiger partial charge in [-0.1, -0.05) is 13.8 Å². The van der Waals surface area contributed by atoms with Gasteiger partial charge in [-0.25, -0.2) is 8.42 Å². The molecule has 0 radical (unpaired) electrons. The van der Waals surface area contributed by atoms with Gasteiger partial charge in [0, 0.05) is 6.54 Å². The van der Waals surface area contributed by atoms with Crippen molar-refractivity contribution in [3.63, 3.8) is 0 Å². The molecule has 1 unspecified atom stereocenters. The summed E-state index contributed by atoms with van der Waals surface area (Å²) in [5, 5.41) is 18.2. The Morgan fingerprint density at radius 1 is 1.17 bits per heavy atom. The summed E-state index contributed by atoms with van der Waals surface area (Å²) in [6.07, 6.45) is -0.494. The van der Waals surface area contributed by atoms with Gasteiger partial charge in [-0.3, -0.25) is 9.59 Å². The minimum absolute atomic E-state index is 0.124. The molecule has 0 saturated heterocycles. The number of nitrogens with zero attached hydrogens (tertiary/aromatic N) is 1. The van der Waals surface area contributed by atoms with E-state index < -0.39 is 46.9 Å². The van der Waals surface area contributed by atoms with E-state index in [2.05, 4.69) is 0 Å². The van der Waals surface area contributed by atoms with Crippen molar-refractivity contribution in [2.75, 3.05) is 13.7 Å². The molecule has 0 saturated carbocycles. The molecule has 9 heteroatoms. The maximum absolute atomic E-state index is 12.8. The van der Waals surface area contributed by atoms with Crippen molar-refractivity contribution < 1.29 is 33.0 Å². The molecule has 0 heterocycles. The van der Waals surface area contributed by atoms with Gasteiger partial charge in [0.2, 0.25) is 10.0 Å². The van der Waals surface area contributed by atoms with Crippen LogP contribution in [0.5, 0.6) is 5.75 Å². The molecule has 0 spiro atoms. The highest BCUT2D eigenvalue weighted by atomic mass is 32.2. The van der Waals surface area contributed by atoms with Crippen LogP contribution in [-0.4, -0.2) is 54.6 Å². The minimum Gasteiger partial charge on any atom is -0.497 e. The van der Waals surface area contributed by atoms with Crippen molar-refractivity contribution in [2.24, 2.45) is 5.92 Å². The lowest BCUT2D eigenvalue weighted by molar-refractivity contribution is -0.144. The molecular formula is C15H21NO7S. The minimum atomic E-state index is -4.18. The summed E-state index contributed by atoms with van der Waals surface area (Å²) in [6, 6.07) is 4.10. The fraction of sp³-hybridized carbons (Fsp3) is 0.467. The summed E-state index contributed by atoms with van der Waals surface area (Å²) in [7, 11) is -2.74. The van der Waals surface area contributed by atoms with E-state index in [-0.39, 0.29) is 4.90 Å². The lowest BCUT2D eigenvalue weighted by Gasteiger charge is -2.30. The van der Waals surface area contributed by atoms with Gasteiger partial charge in [0.1, 0.15) is 11.8 Å². The van der Waals surface area contributed by atoms with Gasteiger partial charge in [-0.05, 0) is 30.2 Å². The standard InChI is InChI=1S/C15H21NO7S/c1-10(2)14(15(19)20)16(9-8-13(17)18)24(21,22)12-6-4-11(23-3)5-7-12/h4-7,10,14H,8-9H2,1-3H3,(H,17,18)(H,19,20). The molecule has 0 aliphatic carbocycles. The number of rotatable bonds is 9. The zero-order chi connectivity index (χ0) is 18.5. The summed E-state index contributed by atoms with van der Waals surface area (Å²) >= 11 is 0. The number of benzene rings is 1. The van der Waals surface area contributed by atoms with Gasteiger partial charge in [-0.2, -0.15) is 4.31 Å². The smallest absolute Gasteiger partial charge is 0.322 e. The molecule has 1 aromatic rings. The normalized spacial score (nSPS) is 13.0. The molecule has 0 aliphatic rings. The third kappa shape index (κ3) is 4.68. The first-order valence-corrected chi connectivity index (χ1v) is 8.65. The molecule has 0 amide bonds. The molecule has 8 nitrogen and oxygen atoms in total. The lowest BCUT2D eigenvalue weighted by Crippen LogP contribution is -2.48. The summed E-state index contributed by atoms with van der Waals surface area (Å²) in [4.78, 5) is 22.2. The van der Waals surface area contributed by atoms with Gasteiger partial charge >= 0.3 is 11.9 Å². The lowest BCUT2D eigenvalue weighted by atomic mass is 10.0. The maximum Gasteiger partial charge on any atom is 0.322 e. The number of carboxylic acids is 2. The number of methoxy groups -OCH3 is 1. The van der Waals surface area contributed by atoms with Crippen molar-refractivity contribution in [1.29, 1.82) is 0 Å². The van der Waals surface area contributed by atoms with Gasteiger partial charge in [0.25, 0.3) is 0 Å². The molecule has 0 bridgehead atoms. The van der Waals surface area contributed by atoms with E-state index in [1.54, 1.807) is 13.8 Å². The highest BCUT2D eigenvalue weighted by Crippen LogP contribution is 2.24. The third-order valence-electron chi connectivity index (χ3n) is 3.41. The molecular weight excluding hydrogens is 338 g/mol. The number of ether oxygens (including phenoxy) is 1. The number of carbonyl (C=O) groups is 2. The zero-order valence-electron chi connectivity index (χ0n) is 13.7. The second kappa shape index (κ2) is 8.11. The van der Waals surface area contributed by atoms with Crippen LogP contribution in [0, 0.1) is 5.92 Å². The first-order chi connectivity index (χ1) is 11.1. The highest BCUT2D eigenvalue weighted by molar-refractivity contribution is 7.89. The van der Waals surface area contributed by atoms with Crippen LogP contribution in [-0.2, 0) is 19.6 Å². The summed E-state index contributed by atoms with van der Waals surface area (Å²) in [6.45, 7) is 2.70. The Bertz CT molecular complexity index is 682. The van der Waals surface area contributed by atoms with E-state index in [1.807, 2.05) is 0 Å². The average Bonchev–Trinajstić information content (AvgIpc) is 2.50. The summed E-state index contributed by atoms with van der Waals surface area (Å²) < 4.78 is 31.3. The van der Waals surface area contributed by atoms with Crippen LogP contribution in [0.1, 0.15) is 20.3 Å². The van der Waals surface area contributed by atoms with E-state index in [1.165, 1.54) is 31.4 Å². The van der Waals surface area contributed by atoms with Crippen molar-refractivity contribution >= 4 is 22.0 Å². The van der Waals surface area contributed by atoms with E-state index in [0.717, 1.165) is 4.31 Å². The Hall–Kier alpha value is -2.13. The predicted octanol–water partition coefficient (Wildman–Crippen LogP) is 1.27. The monoisotopic (exact) mass is 359 g/mol. The predicted molar refractivity (Wildman–Crippen MR) is 85.4 cm³/mol. The first-order valence-electron chi connectivity index (χ1n) is 7.21. The topological polar surface area (TPSA) is 121 Å². The molecule has 134 valence electrons. The molecule has 2 N–H and O–H groups in total. The zero-order valence-corrected chi connectivity index (χ0v) is 14.5. The molecule has 1 atom stereocenters. The van der Waals surface area contributed by atoms with Crippen LogP contribution in [0.4, 0.5) is 0 Å². The maximum atomic E-state index is 12.8. The Morgan fingerprint density at radius 3 is 2.08 bits per heavy atom. The SMILES string of the molecule is COc1ccc(S(=O)(=O)N(CCC(=O)O)C(C(=O)O)C(C)C)cc1. The number of sulfonamides is 1. The van der Waals surface area contributed by atoms with Crippen LogP contribution < -0.4 is 4.74 Å². The average molecular weight is 359 g/mol. The van der Waals surface area contributed by atoms with Crippen molar-refractivity contribution in [2.45, 2.75) is 31.2 Å². The third-order valence-corrected chi connectivity index (χ3v) is 5.30. The Balaban J connectivity index is 3.32. The Morgan fingerprint density at radius 2 is 1.71 bits per heavy atom. The molecule has 0 aromatic heterocycles. The highest BCUT2D eigenvalue weighted by Gasteiger charge is 2.38. The van der Waals surface area contributed by atoms with Crippen LogP contribution in [0.3, 0.4) is 0 Å². The molecule has 1 aromatic carbocycles. The Labute approximate surface area is 140 Å².